The zero-order chi connectivity index (χ0) is 25.6. The second-order valence-corrected chi connectivity index (χ2v) is 17.6. The van der Waals surface area contributed by atoms with E-state index in [9.17, 15) is 4.79 Å². The van der Waals surface area contributed by atoms with E-state index < -0.39 is 8.07 Å². The maximum atomic E-state index is 14.0. The van der Waals surface area contributed by atoms with Crippen LogP contribution in [0.15, 0.2) is 24.3 Å². The number of halogens is 1. The normalized spacial score (nSPS) is 17.3. The first kappa shape index (κ1) is 25.6. The molecule has 0 radical (unpaired) electrons. The van der Waals surface area contributed by atoms with Crippen molar-refractivity contribution in [1.29, 1.82) is 0 Å². The molecule has 10 heteroatoms. The molecule has 0 spiro atoms. The van der Waals surface area contributed by atoms with Crippen molar-refractivity contribution in [3.8, 4) is 0 Å². The molecular weight excluding hydrogens is 587 g/mol. The second kappa shape index (κ2) is 10.0. The van der Waals surface area contributed by atoms with E-state index >= 15 is 0 Å². The van der Waals surface area contributed by atoms with Gasteiger partial charge in [-0.15, -0.1) is 0 Å². The Hall–Kier alpha value is -1.99. The van der Waals surface area contributed by atoms with Crippen LogP contribution in [0, 0.1) is 3.57 Å². The van der Waals surface area contributed by atoms with Crippen LogP contribution in [0.2, 0.25) is 25.7 Å². The highest BCUT2D eigenvalue weighted by molar-refractivity contribution is 14.1. The van der Waals surface area contributed by atoms with Crippen molar-refractivity contribution < 1.29 is 19.0 Å². The quantitative estimate of drug-likeness (QED) is 0.230. The number of hydrogen-bond acceptors (Lipinski definition) is 6. The highest BCUT2D eigenvalue weighted by atomic mass is 127. The van der Waals surface area contributed by atoms with Crippen molar-refractivity contribution in [2.24, 2.45) is 0 Å². The van der Waals surface area contributed by atoms with E-state index in [1.165, 1.54) is 0 Å². The maximum Gasteiger partial charge on any atom is 0.270 e. The Morgan fingerprint density at radius 3 is 2.78 bits per heavy atom. The molecule has 0 aliphatic carbocycles. The smallest absolute Gasteiger partial charge is 0.270 e. The first-order chi connectivity index (χ1) is 17.1. The molecule has 0 saturated heterocycles. The molecular formula is C26H33IN4O4Si. The van der Waals surface area contributed by atoms with Crippen LogP contribution in [0.25, 0.3) is 11.0 Å². The number of nitrogen functional groups attached to an aromatic ring is 1. The molecule has 2 aliphatic rings. The minimum absolute atomic E-state index is 0.104. The maximum absolute atomic E-state index is 14.0. The molecule has 0 saturated carbocycles. The van der Waals surface area contributed by atoms with Gasteiger partial charge in [-0.1, -0.05) is 25.7 Å². The molecule has 1 atom stereocenters. The highest BCUT2D eigenvalue weighted by Gasteiger charge is 2.32. The second-order valence-electron chi connectivity index (χ2n) is 10.8. The van der Waals surface area contributed by atoms with Gasteiger partial charge in [0, 0.05) is 36.4 Å². The molecule has 2 aromatic heterocycles. The van der Waals surface area contributed by atoms with Crippen molar-refractivity contribution in [3.63, 3.8) is 0 Å². The van der Waals surface area contributed by atoms with E-state index in [0.717, 1.165) is 37.4 Å². The highest BCUT2D eigenvalue weighted by Crippen LogP contribution is 2.35. The Kier molecular flexibility index (Phi) is 7.16. The molecule has 5 rings (SSSR count). The van der Waals surface area contributed by atoms with Gasteiger partial charge in [0.25, 0.3) is 5.91 Å². The number of nitrogens with zero attached hydrogens (tertiary/aromatic N) is 3. The van der Waals surface area contributed by atoms with Crippen LogP contribution in [0.3, 0.4) is 0 Å². The summed E-state index contributed by atoms with van der Waals surface area (Å²) in [4.78, 5) is 20.4. The number of benzene rings is 1. The van der Waals surface area contributed by atoms with Crippen LogP contribution in [-0.4, -0.2) is 48.7 Å². The summed E-state index contributed by atoms with van der Waals surface area (Å²) in [6.07, 6.45) is 0. The summed E-state index contributed by atoms with van der Waals surface area (Å²) in [5.74, 6) is 0.358. The monoisotopic (exact) mass is 620 g/mol. The molecule has 36 heavy (non-hydrogen) atoms. The molecule has 0 unspecified atom stereocenters. The third-order valence-electron chi connectivity index (χ3n) is 6.99. The number of carbonyl (C=O) groups excluding carboxylic acids is 1. The zero-order valence-corrected chi connectivity index (χ0v) is 24.4. The average molecular weight is 621 g/mol. The number of fused-ring (bicyclic) bond motifs is 4. The van der Waals surface area contributed by atoms with Crippen LogP contribution >= 0.6 is 22.6 Å². The molecule has 0 fully saturated rings. The number of pyridine rings is 1. The topological polar surface area (TPSA) is 91.8 Å². The van der Waals surface area contributed by atoms with E-state index in [2.05, 4.69) is 65.4 Å². The number of rotatable bonds is 7. The van der Waals surface area contributed by atoms with Crippen LogP contribution in [-0.2, 0) is 40.8 Å². The van der Waals surface area contributed by atoms with E-state index in [0.29, 0.717) is 50.1 Å². The van der Waals surface area contributed by atoms with Gasteiger partial charge in [0.1, 0.15) is 18.2 Å². The molecule has 0 bridgehead atoms. The first-order valence-electron chi connectivity index (χ1n) is 12.2. The summed E-state index contributed by atoms with van der Waals surface area (Å²) < 4.78 is 20.8. The molecule has 2 aliphatic heterocycles. The van der Waals surface area contributed by atoms with E-state index in [1.54, 1.807) is 4.90 Å². The summed E-state index contributed by atoms with van der Waals surface area (Å²) in [6, 6.07) is 9.02. The predicted octanol–water partition coefficient (Wildman–Crippen LogP) is 4.91. The predicted molar refractivity (Wildman–Crippen MR) is 150 cm³/mol. The lowest BCUT2D eigenvalue weighted by Crippen LogP contribution is -2.37. The lowest BCUT2D eigenvalue weighted by molar-refractivity contribution is 0.0327. The summed E-state index contributed by atoms with van der Waals surface area (Å²) in [7, 11) is 0.597. The van der Waals surface area contributed by atoms with Crippen LogP contribution in [0.4, 0.5) is 5.82 Å². The summed E-state index contributed by atoms with van der Waals surface area (Å²) in [6.45, 7) is 9.81. The standard InChI is InChI=1S/C26H33IN4O4Si/c1-30(23-14-34-11-16-9-17(27)5-6-18(16)23)26(32)22-10-21-24(19-12-35-13-20(19)25(28)29-21)31(22)15-33-7-8-36(2,3)4/h5-6,9-10,23H,7-8,11-15H2,1-4H3,(H2,28,29)/t23-/m1/s1. The lowest BCUT2D eigenvalue weighted by Gasteiger charge is -2.33. The number of aromatic nitrogens is 2. The third kappa shape index (κ3) is 4.93. The first-order valence-corrected chi connectivity index (χ1v) is 17.0. The molecule has 1 amide bonds. The number of likely N-dealkylation sites (N-methyl/N-ethyl adjacent to an activating group) is 1. The Bertz CT molecular complexity index is 1320. The van der Waals surface area contributed by atoms with E-state index in [-0.39, 0.29) is 18.7 Å². The van der Waals surface area contributed by atoms with Gasteiger partial charge in [-0.3, -0.25) is 4.79 Å². The largest absolute Gasteiger partial charge is 0.383 e. The number of ether oxygens (including phenoxy) is 3. The van der Waals surface area contributed by atoms with Gasteiger partial charge in [-0.25, -0.2) is 4.98 Å². The summed E-state index contributed by atoms with van der Waals surface area (Å²) in [5.41, 5.74) is 12.5. The summed E-state index contributed by atoms with van der Waals surface area (Å²) in [5, 5.41) is 0. The zero-order valence-electron chi connectivity index (χ0n) is 21.3. The Morgan fingerprint density at radius 1 is 1.22 bits per heavy atom. The number of nitrogens with two attached hydrogens (primary N) is 1. The fourth-order valence-electron chi connectivity index (χ4n) is 4.89. The molecule has 4 heterocycles. The van der Waals surface area contributed by atoms with Crippen molar-refractivity contribution in [2.75, 3.05) is 26.0 Å². The Morgan fingerprint density at radius 2 is 2.00 bits per heavy atom. The number of carbonyl (C=O) groups is 1. The molecule has 192 valence electrons. The van der Waals surface area contributed by atoms with Gasteiger partial charge in [-0.2, -0.15) is 0 Å². The van der Waals surface area contributed by atoms with Crippen molar-refractivity contribution in [3.05, 3.63) is 55.8 Å². The van der Waals surface area contributed by atoms with Crippen molar-refractivity contribution >= 4 is 53.4 Å². The van der Waals surface area contributed by atoms with Crippen LogP contribution in [0.1, 0.15) is 38.8 Å². The van der Waals surface area contributed by atoms with E-state index in [1.807, 2.05) is 17.7 Å². The van der Waals surface area contributed by atoms with Gasteiger partial charge in [0.15, 0.2) is 0 Å². The van der Waals surface area contributed by atoms with Gasteiger partial charge in [0.2, 0.25) is 0 Å². The Labute approximate surface area is 226 Å². The van der Waals surface area contributed by atoms with Gasteiger partial charge in [0.05, 0.1) is 43.5 Å². The number of anilines is 1. The minimum Gasteiger partial charge on any atom is -0.383 e. The average Bonchev–Trinajstić information content (AvgIpc) is 3.45. The fraction of sp³-hybridized carbons (Fsp3) is 0.462. The van der Waals surface area contributed by atoms with Crippen molar-refractivity contribution in [1.82, 2.24) is 14.5 Å². The van der Waals surface area contributed by atoms with Crippen LogP contribution in [0.5, 0.6) is 0 Å². The molecule has 2 N–H and O–H groups in total. The molecule has 8 nitrogen and oxygen atoms in total. The number of hydrogen-bond donors (Lipinski definition) is 1. The minimum atomic E-state index is -1.24. The van der Waals surface area contributed by atoms with Crippen LogP contribution < -0.4 is 5.73 Å². The summed E-state index contributed by atoms with van der Waals surface area (Å²) >= 11 is 2.30. The third-order valence-corrected chi connectivity index (χ3v) is 9.37. The van der Waals surface area contributed by atoms with Gasteiger partial charge < -0.3 is 29.4 Å². The van der Waals surface area contributed by atoms with E-state index in [4.69, 9.17) is 19.9 Å². The molecule has 1 aromatic carbocycles. The SMILES string of the molecule is CN(C(=O)c1cc2nc(N)c3c(c2n1COCC[Si](C)(C)C)COC3)[C@@H]1COCc2cc(I)ccc21. The number of amides is 1. The molecule has 3 aromatic rings. The van der Waals surface area contributed by atoms with Gasteiger partial charge in [-0.05, 0) is 58.0 Å². The lowest BCUT2D eigenvalue weighted by atomic mass is 9.98. The Balaban J connectivity index is 1.52. The van der Waals surface area contributed by atoms with Gasteiger partial charge >= 0.3 is 0 Å². The van der Waals surface area contributed by atoms with Crippen molar-refractivity contribution in [2.45, 2.75) is 58.3 Å². The fourth-order valence-corrected chi connectivity index (χ4v) is 6.20.